The Morgan fingerprint density at radius 3 is 2.88 bits per heavy atom. The zero-order chi connectivity index (χ0) is 11.7. The standard InChI is InChI=1S/C12H13ClN2O/c1-3-12(16)15-7-6-14(2)11-8-9(13)4-5-10(11)15/h3-5,8H,1,6-7H2,2H3. The molecule has 0 N–H and O–H groups in total. The van der Waals surface area contributed by atoms with Crippen molar-refractivity contribution in [1.29, 1.82) is 0 Å². The molecule has 1 aromatic rings. The molecule has 4 heteroatoms. The summed E-state index contributed by atoms with van der Waals surface area (Å²) in [5, 5.41) is 0.679. The second-order valence-corrected chi connectivity index (χ2v) is 4.19. The van der Waals surface area contributed by atoms with E-state index in [0.29, 0.717) is 11.6 Å². The molecule has 0 radical (unpaired) electrons. The van der Waals surface area contributed by atoms with E-state index >= 15 is 0 Å². The summed E-state index contributed by atoms with van der Waals surface area (Å²) in [7, 11) is 1.99. The Morgan fingerprint density at radius 2 is 2.19 bits per heavy atom. The van der Waals surface area contributed by atoms with Gasteiger partial charge in [0.15, 0.2) is 0 Å². The second-order valence-electron chi connectivity index (χ2n) is 3.75. The highest BCUT2D eigenvalue weighted by Crippen LogP contribution is 2.34. The molecule has 0 aliphatic carbocycles. The van der Waals surface area contributed by atoms with Crippen molar-refractivity contribution in [3.8, 4) is 0 Å². The van der Waals surface area contributed by atoms with Gasteiger partial charge < -0.3 is 9.80 Å². The summed E-state index contributed by atoms with van der Waals surface area (Å²) >= 11 is 5.95. The van der Waals surface area contributed by atoms with E-state index in [4.69, 9.17) is 11.6 Å². The molecule has 1 aliphatic rings. The molecule has 0 saturated heterocycles. The molecule has 1 heterocycles. The van der Waals surface area contributed by atoms with Crippen LogP contribution in [0.15, 0.2) is 30.9 Å². The third-order valence-electron chi connectivity index (χ3n) is 2.74. The number of fused-ring (bicyclic) bond motifs is 1. The number of halogens is 1. The maximum absolute atomic E-state index is 11.7. The number of rotatable bonds is 1. The van der Waals surface area contributed by atoms with E-state index in [0.717, 1.165) is 17.9 Å². The maximum atomic E-state index is 11.7. The van der Waals surface area contributed by atoms with Gasteiger partial charge in [-0.15, -0.1) is 0 Å². The van der Waals surface area contributed by atoms with Crippen LogP contribution < -0.4 is 9.80 Å². The smallest absolute Gasteiger partial charge is 0.250 e. The highest BCUT2D eigenvalue weighted by molar-refractivity contribution is 6.31. The summed E-state index contributed by atoms with van der Waals surface area (Å²) < 4.78 is 0. The fourth-order valence-corrected chi connectivity index (χ4v) is 2.03. The number of likely N-dealkylation sites (N-methyl/N-ethyl adjacent to an activating group) is 1. The molecule has 0 unspecified atom stereocenters. The number of nitrogens with zero attached hydrogens (tertiary/aromatic N) is 2. The number of benzene rings is 1. The summed E-state index contributed by atoms with van der Waals surface area (Å²) in [4.78, 5) is 15.5. The monoisotopic (exact) mass is 236 g/mol. The van der Waals surface area contributed by atoms with E-state index in [9.17, 15) is 4.79 Å². The molecule has 0 fully saturated rings. The molecule has 1 aromatic carbocycles. The van der Waals surface area contributed by atoms with Gasteiger partial charge in [-0.25, -0.2) is 0 Å². The summed E-state index contributed by atoms with van der Waals surface area (Å²) in [6.07, 6.45) is 1.34. The Labute approximate surface area is 99.9 Å². The molecule has 0 aromatic heterocycles. The van der Waals surface area contributed by atoms with Crippen LogP contribution in [-0.4, -0.2) is 26.0 Å². The van der Waals surface area contributed by atoms with Crippen molar-refractivity contribution in [2.24, 2.45) is 0 Å². The zero-order valence-corrected chi connectivity index (χ0v) is 9.87. The SMILES string of the molecule is C=CC(=O)N1CCN(C)c2cc(Cl)ccc21. The van der Waals surface area contributed by atoms with E-state index < -0.39 is 0 Å². The normalized spacial score (nSPS) is 14.6. The average molecular weight is 237 g/mol. The van der Waals surface area contributed by atoms with E-state index in [1.54, 1.807) is 11.0 Å². The van der Waals surface area contributed by atoms with Crippen LogP contribution in [0.25, 0.3) is 0 Å². The Balaban J connectivity index is 2.48. The van der Waals surface area contributed by atoms with E-state index in [-0.39, 0.29) is 5.91 Å². The topological polar surface area (TPSA) is 23.6 Å². The van der Waals surface area contributed by atoms with Gasteiger partial charge in [0.05, 0.1) is 11.4 Å². The first kappa shape index (κ1) is 11.0. The minimum absolute atomic E-state index is 0.0725. The van der Waals surface area contributed by atoms with Crippen LogP contribution in [-0.2, 0) is 4.79 Å². The highest BCUT2D eigenvalue weighted by Gasteiger charge is 2.23. The van der Waals surface area contributed by atoms with Gasteiger partial charge in [0.2, 0.25) is 0 Å². The summed E-state index contributed by atoms with van der Waals surface area (Å²) in [5.41, 5.74) is 1.87. The molecular formula is C12H13ClN2O. The zero-order valence-electron chi connectivity index (χ0n) is 9.11. The van der Waals surface area contributed by atoms with Crippen molar-refractivity contribution in [2.75, 3.05) is 29.9 Å². The van der Waals surface area contributed by atoms with Crippen LogP contribution in [0.3, 0.4) is 0 Å². The van der Waals surface area contributed by atoms with Gasteiger partial charge in [-0.2, -0.15) is 0 Å². The minimum Gasteiger partial charge on any atom is -0.371 e. The van der Waals surface area contributed by atoms with Gasteiger partial charge >= 0.3 is 0 Å². The van der Waals surface area contributed by atoms with E-state index in [2.05, 4.69) is 11.5 Å². The summed E-state index contributed by atoms with van der Waals surface area (Å²) in [6, 6.07) is 5.54. The first-order chi connectivity index (χ1) is 7.63. The van der Waals surface area contributed by atoms with Gasteiger partial charge in [-0.3, -0.25) is 4.79 Å². The van der Waals surface area contributed by atoms with Crippen LogP contribution in [0.1, 0.15) is 0 Å². The highest BCUT2D eigenvalue weighted by atomic mass is 35.5. The molecule has 0 saturated carbocycles. The lowest BCUT2D eigenvalue weighted by atomic mass is 10.1. The lowest BCUT2D eigenvalue weighted by Crippen LogP contribution is -2.41. The van der Waals surface area contributed by atoms with Crippen molar-refractivity contribution in [1.82, 2.24) is 0 Å². The quantitative estimate of drug-likeness (QED) is 0.699. The molecule has 84 valence electrons. The van der Waals surface area contributed by atoms with Gasteiger partial charge in [0, 0.05) is 25.2 Å². The van der Waals surface area contributed by atoms with Crippen molar-refractivity contribution in [3.05, 3.63) is 35.9 Å². The van der Waals surface area contributed by atoms with E-state index in [1.165, 1.54) is 6.08 Å². The van der Waals surface area contributed by atoms with Crippen LogP contribution in [0.2, 0.25) is 5.02 Å². The molecular weight excluding hydrogens is 224 g/mol. The molecule has 1 aliphatic heterocycles. The fourth-order valence-electron chi connectivity index (χ4n) is 1.86. The second kappa shape index (κ2) is 4.18. The van der Waals surface area contributed by atoms with Gasteiger partial charge in [-0.1, -0.05) is 18.2 Å². The van der Waals surface area contributed by atoms with Crippen LogP contribution in [0, 0.1) is 0 Å². The first-order valence-electron chi connectivity index (χ1n) is 5.08. The Morgan fingerprint density at radius 1 is 1.44 bits per heavy atom. The Hall–Kier alpha value is -1.48. The lowest BCUT2D eigenvalue weighted by molar-refractivity contribution is -0.114. The Bertz CT molecular complexity index is 445. The van der Waals surface area contributed by atoms with Gasteiger partial charge in [0.25, 0.3) is 5.91 Å². The average Bonchev–Trinajstić information content (AvgIpc) is 2.29. The summed E-state index contributed by atoms with van der Waals surface area (Å²) in [5.74, 6) is -0.0725. The van der Waals surface area contributed by atoms with Crippen molar-refractivity contribution in [2.45, 2.75) is 0 Å². The number of carbonyl (C=O) groups excluding carboxylic acids is 1. The molecule has 3 nitrogen and oxygen atoms in total. The third kappa shape index (κ3) is 1.78. The predicted molar refractivity (Wildman–Crippen MR) is 67.3 cm³/mol. The van der Waals surface area contributed by atoms with Crippen molar-refractivity contribution >= 4 is 28.9 Å². The van der Waals surface area contributed by atoms with Crippen molar-refractivity contribution in [3.63, 3.8) is 0 Å². The van der Waals surface area contributed by atoms with Crippen LogP contribution in [0.5, 0.6) is 0 Å². The largest absolute Gasteiger partial charge is 0.371 e. The number of hydrogen-bond acceptors (Lipinski definition) is 2. The summed E-state index contributed by atoms with van der Waals surface area (Å²) in [6.45, 7) is 4.99. The molecule has 0 bridgehead atoms. The minimum atomic E-state index is -0.0725. The van der Waals surface area contributed by atoms with Crippen molar-refractivity contribution < 1.29 is 4.79 Å². The molecule has 16 heavy (non-hydrogen) atoms. The number of hydrogen-bond donors (Lipinski definition) is 0. The van der Waals surface area contributed by atoms with E-state index in [1.807, 2.05) is 19.2 Å². The first-order valence-corrected chi connectivity index (χ1v) is 5.46. The van der Waals surface area contributed by atoms with Gasteiger partial charge in [0.1, 0.15) is 0 Å². The fraction of sp³-hybridized carbons (Fsp3) is 0.250. The predicted octanol–water partition coefficient (Wildman–Crippen LogP) is 2.31. The van der Waals surface area contributed by atoms with Gasteiger partial charge in [-0.05, 0) is 24.3 Å². The molecule has 0 spiro atoms. The molecule has 1 amide bonds. The third-order valence-corrected chi connectivity index (χ3v) is 2.97. The van der Waals surface area contributed by atoms with Crippen LogP contribution >= 0.6 is 11.6 Å². The number of carbonyl (C=O) groups is 1. The number of amides is 1. The van der Waals surface area contributed by atoms with Crippen LogP contribution in [0.4, 0.5) is 11.4 Å². The lowest BCUT2D eigenvalue weighted by Gasteiger charge is -2.35. The Kier molecular flexibility index (Phi) is 2.88. The molecule has 2 rings (SSSR count). The maximum Gasteiger partial charge on any atom is 0.250 e. The number of anilines is 2. The molecule has 0 atom stereocenters.